The average molecular weight is 197 g/mol. The van der Waals surface area contributed by atoms with Crippen LogP contribution in [0.2, 0.25) is 0 Å². The smallest absolute Gasteiger partial charge is 0.0392 e. The van der Waals surface area contributed by atoms with E-state index < -0.39 is 0 Å². The predicted octanol–water partition coefficient (Wildman–Crippen LogP) is 3.36. The van der Waals surface area contributed by atoms with Crippen molar-refractivity contribution < 1.29 is 0 Å². The number of thiophene rings is 1. The molecular formula is C11H19NS. The van der Waals surface area contributed by atoms with Crippen molar-refractivity contribution in [2.75, 3.05) is 0 Å². The first-order valence-electron chi connectivity index (χ1n) is 4.97. The summed E-state index contributed by atoms with van der Waals surface area (Å²) in [6, 6.07) is 4.61. The molecule has 13 heavy (non-hydrogen) atoms. The fourth-order valence-corrected chi connectivity index (χ4v) is 2.37. The van der Waals surface area contributed by atoms with Gasteiger partial charge in [-0.15, -0.1) is 11.3 Å². The zero-order valence-electron chi connectivity index (χ0n) is 8.71. The lowest BCUT2D eigenvalue weighted by Crippen LogP contribution is -2.11. The molecule has 0 aliphatic carbocycles. The summed E-state index contributed by atoms with van der Waals surface area (Å²) in [5.41, 5.74) is 6.07. The molecule has 0 aliphatic rings. The second-order valence-corrected chi connectivity index (χ2v) is 5.09. The maximum absolute atomic E-state index is 6.07. The predicted molar refractivity (Wildman–Crippen MR) is 60.1 cm³/mol. The normalized spacial score (nSPS) is 13.6. The van der Waals surface area contributed by atoms with Gasteiger partial charge < -0.3 is 5.73 Å². The Morgan fingerprint density at radius 3 is 2.54 bits per heavy atom. The first-order chi connectivity index (χ1) is 6.13. The molecule has 0 spiro atoms. The van der Waals surface area contributed by atoms with Gasteiger partial charge in [0, 0.05) is 15.8 Å². The van der Waals surface area contributed by atoms with Crippen LogP contribution < -0.4 is 5.73 Å². The van der Waals surface area contributed by atoms with E-state index in [1.54, 1.807) is 0 Å². The summed E-state index contributed by atoms with van der Waals surface area (Å²) in [4.78, 5) is 2.78. The molecule has 0 bridgehead atoms. The number of aryl methyl sites for hydroxylation is 1. The van der Waals surface area contributed by atoms with Crippen LogP contribution in [0.4, 0.5) is 0 Å². The van der Waals surface area contributed by atoms with E-state index in [4.69, 9.17) is 5.73 Å². The van der Waals surface area contributed by atoms with Gasteiger partial charge in [0.25, 0.3) is 0 Å². The average Bonchev–Trinajstić information content (AvgIpc) is 2.50. The Morgan fingerprint density at radius 2 is 2.08 bits per heavy atom. The third kappa shape index (κ3) is 3.12. The Bertz CT molecular complexity index is 252. The highest BCUT2D eigenvalue weighted by Gasteiger charge is 2.10. The van der Waals surface area contributed by atoms with E-state index in [-0.39, 0.29) is 6.04 Å². The largest absolute Gasteiger partial charge is 0.323 e. The lowest BCUT2D eigenvalue weighted by Gasteiger charge is -2.11. The van der Waals surface area contributed by atoms with E-state index in [0.717, 1.165) is 12.8 Å². The van der Waals surface area contributed by atoms with Crippen LogP contribution in [0.3, 0.4) is 0 Å². The Kier molecular flexibility index (Phi) is 3.94. The molecule has 74 valence electrons. The summed E-state index contributed by atoms with van der Waals surface area (Å²) >= 11 is 1.86. The molecule has 2 N–H and O–H groups in total. The van der Waals surface area contributed by atoms with E-state index in [1.165, 1.54) is 9.75 Å². The zero-order chi connectivity index (χ0) is 9.84. The van der Waals surface area contributed by atoms with Crippen molar-refractivity contribution in [2.24, 2.45) is 11.7 Å². The van der Waals surface area contributed by atoms with Gasteiger partial charge in [-0.05, 0) is 30.9 Å². The van der Waals surface area contributed by atoms with Crippen LogP contribution in [0.5, 0.6) is 0 Å². The van der Waals surface area contributed by atoms with Crippen molar-refractivity contribution in [1.29, 1.82) is 0 Å². The van der Waals surface area contributed by atoms with Crippen LogP contribution in [-0.4, -0.2) is 0 Å². The minimum Gasteiger partial charge on any atom is -0.323 e. The summed E-state index contributed by atoms with van der Waals surface area (Å²) < 4.78 is 0. The number of hydrogen-bond donors (Lipinski definition) is 1. The molecule has 1 rings (SSSR count). The second-order valence-electron chi connectivity index (χ2n) is 3.89. The molecule has 0 fully saturated rings. The van der Waals surface area contributed by atoms with Gasteiger partial charge in [-0.1, -0.05) is 20.8 Å². The molecule has 0 aliphatic heterocycles. The van der Waals surface area contributed by atoms with Crippen molar-refractivity contribution in [2.45, 2.75) is 39.7 Å². The zero-order valence-corrected chi connectivity index (χ0v) is 9.53. The van der Waals surface area contributed by atoms with E-state index >= 15 is 0 Å². The van der Waals surface area contributed by atoms with E-state index in [9.17, 15) is 0 Å². The van der Waals surface area contributed by atoms with Crippen molar-refractivity contribution in [3.63, 3.8) is 0 Å². The topological polar surface area (TPSA) is 26.0 Å². The van der Waals surface area contributed by atoms with Crippen LogP contribution in [0.25, 0.3) is 0 Å². The van der Waals surface area contributed by atoms with Gasteiger partial charge in [-0.2, -0.15) is 0 Å². The summed E-state index contributed by atoms with van der Waals surface area (Å²) in [6.07, 6.45) is 2.21. The van der Waals surface area contributed by atoms with Crippen LogP contribution in [0, 0.1) is 5.92 Å². The monoisotopic (exact) mass is 197 g/mol. The van der Waals surface area contributed by atoms with Crippen molar-refractivity contribution in [3.8, 4) is 0 Å². The minimum atomic E-state index is 0.241. The van der Waals surface area contributed by atoms with Gasteiger partial charge >= 0.3 is 0 Å². The van der Waals surface area contributed by atoms with Crippen LogP contribution in [0.15, 0.2) is 12.1 Å². The van der Waals surface area contributed by atoms with Crippen LogP contribution >= 0.6 is 11.3 Å². The van der Waals surface area contributed by atoms with Gasteiger partial charge in [0.1, 0.15) is 0 Å². The molecule has 0 unspecified atom stereocenters. The van der Waals surface area contributed by atoms with Crippen LogP contribution in [0.1, 0.15) is 43.0 Å². The van der Waals surface area contributed by atoms with E-state index in [0.29, 0.717) is 5.92 Å². The summed E-state index contributed by atoms with van der Waals surface area (Å²) in [7, 11) is 0. The Hall–Kier alpha value is -0.340. The van der Waals surface area contributed by atoms with Crippen molar-refractivity contribution in [1.82, 2.24) is 0 Å². The maximum Gasteiger partial charge on any atom is 0.0392 e. The van der Waals surface area contributed by atoms with Gasteiger partial charge in [0.15, 0.2) is 0 Å². The molecule has 0 aromatic carbocycles. The SMILES string of the molecule is CCc1ccc([C@@H](N)CC(C)C)s1. The van der Waals surface area contributed by atoms with E-state index in [2.05, 4.69) is 32.9 Å². The molecule has 1 nitrogen and oxygen atoms in total. The molecule has 1 atom stereocenters. The molecule has 1 heterocycles. The second kappa shape index (κ2) is 4.77. The van der Waals surface area contributed by atoms with Crippen molar-refractivity contribution >= 4 is 11.3 Å². The summed E-state index contributed by atoms with van der Waals surface area (Å²) in [5, 5.41) is 0. The van der Waals surface area contributed by atoms with Crippen LogP contribution in [-0.2, 0) is 6.42 Å². The molecular weight excluding hydrogens is 178 g/mol. The number of nitrogens with two attached hydrogens (primary N) is 1. The summed E-state index contributed by atoms with van der Waals surface area (Å²) in [6.45, 7) is 6.62. The molecule has 1 aromatic heterocycles. The minimum absolute atomic E-state index is 0.241. The first kappa shape index (κ1) is 10.7. The third-order valence-corrected chi connectivity index (χ3v) is 3.48. The lowest BCUT2D eigenvalue weighted by atomic mass is 10.0. The molecule has 0 saturated heterocycles. The highest BCUT2D eigenvalue weighted by atomic mass is 32.1. The quantitative estimate of drug-likeness (QED) is 0.787. The highest BCUT2D eigenvalue weighted by molar-refractivity contribution is 7.12. The molecule has 0 amide bonds. The van der Waals surface area contributed by atoms with Gasteiger partial charge in [-0.3, -0.25) is 0 Å². The van der Waals surface area contributed by atoms with Gasteiger partial charge in [0.05, 0.1) is 0 Å². The molecule has 1 aromatic rings. The van der Waals surface area contributed by atoms with Crippen molar-refractivity contribution in [3.05, 3.63) is 21.9 Å². The molecule has 2 heteroatoms. The lowest BCUT2D eigenvalue weighted by molar-refractivity contribution is 0.515. The highest BCUT2D eigenvalue weighted by Crippen LogP contribution is 2.26. The Labute approximate surface area is 85.0 Å². The maximum atomic E-state index is 6.07. The fraction of sp³-hybridized carbons (Fsp3) is 0.636. The Morgan fingerprint density at radius 1 is 1.38 bits per heavy atom. The third-order valence-electron chi connectivity index (χ3n) is 2.12. The molecule has 0 radical (unpaired) electrons. The standard InChI is InChI=1S/C11H19NS/c1-4-9-5-6-11(13-9)10(12)7-8(2)3/h5-6,8,10H,4,7,12H2,1-3H3/t10-/m0/s1. The summed E-state index contributed by atoms with van der Waals surface area (Å²) in [5.74, 6) is 0.683. The molecule has 0 saturated carbocycles. The van der Waals surface area contributed by atoms with E-state index in [1.807, 2.05) is 11.3 Å². The Balaban J connectivity index is 2.60. The van der Waals surface area contributed by atoms with Gasteiger partial charge in [-0.25, -0.2) is 0 Å². The van der Waals surface area contributed by atoms with Gasteiger partial charge in [0.2, 0.25) is 0 Å². The number of rotatable bonds is 4. The number of hydrogen-bond acceptors (Lipinski definition) is 2. The first-order valence-corrected chi connectivity index (χ1v) is 5.79. The fourth-order valence-electron chi connectivity index (χ4n) is 1.41.